The van der Waals surface area contributed by atoms with Crippen molar-refractivity contribution in [2.24, 2.45) is 0 Å². The van der Waals surface area contributed by atoms with Crippen LogP contribution in [0.5, 0.6) is 5.75 Å². The fraction of sp³-hybridized carbons (Fsp3) is 0.533. The molecule has 1 rings (SSSR count). The summed E-state index contributed by atoms with van der Waals surface area (Å²) in [5.74, 6) is 0.784. The number of hydrogen-bond acceptors (Lipinski definition) is 4. The SMILES string of the molecule is COCC(O)CNC(=O)COc1ccccc1C(C)C. The molecule has 20 heavy (non-hydrogen) atoms. The van der Waals surface area contributed by atoms with Crippen molar-refractivity contribution in [3.63, 3.8) is 0 Å². The molecule has 0 fully saturated rings. The maximum absolute atomic E-state index is 11.6. The zero-order chi connectivity index (χ0) is 15.0. The number of para-hydroxylation sites is 1. The van der Waals surface area contributed by atoms with Crippen LogP contribution in [0.3, 0.4) is 0 Å². The maximum atomic E-state index is 11.6. The van der Waals surface area contributed by atoms with E-state index in [-0.39, 0.29) is 25.7 Å². The summed E-state index contributed by atoms with van der Waals surface area (Å²) >= 11 is 0. The van der Waals surface area contributed by atoms with Gasteiger partial charge in [0.25, 0.3) is 5.91 Å². The quantitative estimate of drug-likeness (QED) is 0.754. The zero-order valence-corrected chi connectivity index (χ0v) is 12.3. The first-order valence-corrected chi connectivity index (χ1v) is 6.70. The van der Waals surface area contributed by atoms with Gasteiger partial charge >= 0.3 is 0 Å². The monoisotopic (exact) mass is 281 g/mol. The molecule has 5 nitrogen and oxygen atoms in total. The summed E-state index contributed by atoms with van der Waals surface area (Å²) in [6.07, 6.45) is -0.702. The van der Waals surface area contributed by atoms with Crippen LogP contribution in [0.25, 0.3) is 0 Å². The number of aliphatic hydroxyl groups is 1. The average molecular weight is 281 g/mol. The van der Waals surface area contributed by atoms with E-state index >= 15 is 0 Å². The lowest BCUT2D eigenvalue weighted by Gasteiger charge is -2.14. The van der Waals surface area contributed by atoms with E-state index in [0.29, 0.717) is 5.92 Å². The molecule has 0 aliphatic rings. The molecule has 0 aromatic heterocycles. The number of nitrogens with one attached hydrogen (secondary N) is 1. The average Bonchev–Trinajstić information content (AvgIpc) is 2.43. The highest BCUT2D eigenvalue weighted by atomic mass is 16.5. The van der Waals surface area contributed by atoms with Crippen molar-refractivity contribution in [2.45, 2.75) is 25.9 Å². The molecule has 1 unspecified atom stereocenters. The molecule has 1 aromatic rings. The molecule has 112 valence electrons. The third kappa shape index (κ3) is 5.59. The zero-order valence-electron chi connectivity index (χ0n) is 12.3. The van der Waals surface area contributed by atoms with Crippen LogP contribution in [0.4, 0.5) is 0 Å². The second-order valence-electron chi connectivity index (χ2n) is 4.89. The topological polar surface area (TPSA) is 67.8 Å². The largest absolute Gasteiger partial charge is 0.483 e. The molecule has 1 amide bonds. The van der Waals surface area contributed by atoms with Crippen LogP contribution in [0, 0.1) is 0 Å². The molecule has 0 bridgehead atoms. The lowest BCUT2D eigenvalue weighted by molar-refractivity contribution is -0.123. The summed E-state index contributed by atoms with van der Waals surface area (Å²) in [7, 11) is 1.50. The minimum Gasteiger partial charge on any atom is -0.483 e. The summed E-state index contributed by atoms with van der Waals surface area (Å²) in [5, 5.41) is 12.0. The standard InChI is InChI=1S/C15H23NO4/c1-11(2)13-6-4-5-7-14(13)20-10-15(18)16-8-12(17)9-19-3/h4-7,11-12,17H,8-10H2,1-3H3,(H,16,18). The van der Waals surface area contributed by atoms with E-state index in [1.165, 1.54) is 7.11 Å². The number of carbonyl (C=O) groups is 1. The normalized spacial score (nSPS) is 12.2. The van der Waals surface area contributed by atoms with Crippen molar-refractivity contribution < 1.29 is 19.4 Å². The molecule has 5 heteroatoms. The van der Waals surface area contributed by atoms with E-state index in [2.05, 4.69) is 19.2 Å². The van der Waals surface area contributed by atoms with Gasteiger partial charge in [0.1, 0.15) is 5.75 Å². The lowest BCUT2D eigenvalue weighted by Crippen LogP contribution is -2.37. The predicted molar refractivity (Wildman–Crippen MR) is 76.9 cm³/mol. The summed E-state index contributed by atoms with van der Waals surface area (Å²) in [6, 6.07) is 7.66. The minimum atomic E-state index is -0.702. The number of ether oxygens (including phenoxy) is 2. The maximum Gasteiger partial charge on any atom is 0.258 e. The number of carbonyl (C=O) groups excluding carboxylic acids is 1. The van der Waals surface area contributed by atoms with Crippen molar-refractivity contribution in [2.75, 3.05) is 26.9 Å². The third-order valence-corrected chi connectivity index (χ3v) is 2.79. The summed E-state index contributed by atoms with van der Waals surface area (Å²) in [4.78, 5) is 11.6. The van der Waals surface area contributed by atoms with Crippen LogP contribution in [-0.4, -0.2) is 44.0 Å². The van der Waals surface area contributed by atoms with Gasteiger partial charge in [0.15, 0.2) is 6.61 Å². The van der Waals surface area contributed by atoms with Crippen LogP contribution in [0.15, 0.2) is 24.3 Å². The molecule has 0 aliphatic heterocycles. The number of benzene rings is 1. The van der Waals surface area contributed by atoms with Crippen LogP contribution in [-0.2, 0) is 9.53 Å². The van der Waals surface area contributed by atoms with Gasteiger partial charge in [-0.05, 0) is 17.5 Å². The highest BCUT2D eigenvalue weighted by Gasteiger charge is 2.10. The van der Waals surface area contributed by atoms with Crippen LogP contribution in [0.1, 0.15) is 25.3 Å². The van der Waals surface area contributed by atoms with Gasteiger partial charge in [-0.2, -0.15) is 0 Å². The first-order chi connectivity index (χ1) is 9.54. The Hall–Kier alpha value is -1.59. The van der Waals surface area contributed by atoms with E-state index < -0.39 is 6.10 Å². The van der Waals surface area contributed by atoms with E-state index in [1.807, 2.05) is 24.3 Å². The van der Waals surface area contributed by atoms with Gasteiger partial charge < -0.3 is 19.9 Å². The molecule has 0 saturated heterocycles. The Morgan fingerprint density at radius 2 is 2.05 bits per heavy atom. The van der Waals surface area contributed by atoms with E-state index in [1.54, 1.807) is 0 Å². The van der Waals surface area contributed by atoms with Gasteiger partial charge in [-0.3, -0.25) is 4.79 Å². The van der Waals surface area contributed by atoms with Gasteiger partial charge in [0.05, 0.1) is 12.7 Å². The fourth-order valence-corrected chi connectivity index (χ4v) is 1.77. The van der Waals surface area contributed by atoms with Crippen molar-refractivity contribution in [1.29, 1.82) is 0 Å². The van der Waals surface area contributed by atoms with Gasteiger partial charge in [-0.25, -0.2) is 0 Å². The fourth-order valence-electron chi connectivity index (χ4n) is 1.77. The molecule has 0 aliphatic carbocycles. The van der Waals surface area contributed by atoms with Gasteiger partial charge in [-0.15, -0.1) is 0 Å². The second-order valence-corrected chi connectivity index (χ2v) is 4.89. The van der Waals surface area contributed by atoms with Crippen molar-refractivity contribution in [1.82, 2.24) is 5.32 Å². The molecule has 1 atom stereocenters. The van der Waals surface area contributed by atoms with Gasteiger partial charge in [0.2, 0.25) is 0 Å². The van der Waals surface area contributed by atoms with Crippen LogP contribution < -0.4 is 10.1 Å². The Balaban J connectivity index is 2.41. The van der Waals surface area contributed by atoms with E-state index in [9.17, 15) is 9.90 Å². The molecule has 0 heterocycles. The van der Waals surface area contributed by atoms with Crippen molar-refractivity contribution >= 4 is 5.91 Å². The lowest BCUT2D eigenvalue weighted by atomic mass is 10.0. The van der Waals surface area contributed by atoms with Gasteiger partial charge in [0, 0.05) is 13.7 Å². The Bertz CT molecular complexity index is 420. The highest BCUT2D eigenvalue weighted by molar-refractivity contribution is 5.77. The number of methoxy groups -OCH3 is 1. The minimum absolute atomic E-state index is 0.0660. The van der Waals surface area contributed by atoms with Crippen molar-refractivity contribution in [3.8, 4) is 5.75 Å². The molecule has 0 radical (unpaired) electrons. The van der Waals surface area contributed by atoms with Crippen LogP contribution >= 0.6 is 0 Å². The number of rotatable bonds is 8. The smallest absolute Gasteiger partial charge is 0.258 e. The number of aliphatic hydroxyl groups excluding tert-OH is 1. The second kappa shape index (κ2) is 8.55. The van der Waals surface area contributed by atoms with Crippen LogP contribution in [0.2, 0.25) is 0 Å². The Kier molecular flexibility index (Phi) is 7.04. The van der Waals surface area contributed by atoms with Crippen molar-refractivity contribution in [3.05, 3.63) is 29.8 Å². The van der Waals surface area contributed by atoms with Gasteiger partial charge in [-0.1, -0.05) is 32.0 Å². The number of hydrogen-bond donors (Lipinski definition) is 2. The van der Waals surface area contributed by atoms with E-state index in [4.69, 9.17) is 9.47 Å². The molecular formula is C15H23NO4. The molecular weight excluding hydrogens is 258 g/mol. The predicted octanol–water partition coefficient (Wildman–Crippen LogP) is 1.31. The Morgan fingerprint density at radius 1 is 1.35 bits per heavy atom. The molecule has 1 aromatic carbocycles. The van der Waals surface area contributed by atoms with E-state index in [0.717, 1.165) is 11.3 Å². The Labute approximate surface area is 119 Å². The molecule has 0 spiro atoms. The first kappa shape index (κ1) is 16.5. The molecule has 0 saturated carbocycles. The Morgan fingerprint density at radius 3 is 2.70 bits per heavy atom. The summed E-state index contributed by atoms with van der Waals surface area (Å²) in [6.45, 7) is 4.43. The summed E-state index contributed by atoms with van der Waals surface area (Å²) < 4.78 is 10.3. The third-order valence-electron chi connectivity index (χ3n) is 2.79. The molecule has 2 N–H and O–H groups in total. The number of amides is 1. The summed E-state index contributed by atoms with van der Waals surface area (Å²) in [5.41, 5.74) is 1.07. The first-order valence-electron chi connectivity index (χ1n) is 6.70. The highest BCUT2D eigenvalue weighted by Crippen LogP contribution is 2.25.